The summed E-state index contributed by atoms with van der Waals surface area (Å²) in [6.45, 7) is 4.04. The minimum absolute atomic E-state index is 0.0726. The molecule has 0 radical (unpaired) electrons. The van der Waals surface area contributed by atoms with Crippen molar-refractivity contribution in [2.75, 3.05) is 0 Å². The zero-order valence-corrected chi connectivity index (χ0v) is 26.2. The maximum atomic E-state index is 9.12. The summed E-state index contributed by atoms with van der Waals surface area (Å²) >= 11 is 0. The van der Waals surface area contributed by atoms with Gasteiger partial charge in [-0.3, -0.25) is 0 Å². The molecular formula is C41H27N3O2Si. The maximum Gasteiger partial charge on any atom is 0.164 e. The molecule has 3 aromatic heterocycles. The van der Waals surface area contributed by atoms with Crippen LogP contribution in [0.25, 0.3) is 89.2 Å². The van der Waals surface area contributed by atoms with Crippen molar-refractivity contribution in [3.05, 3.63) is 127 Å². The Morgan fingerprint density at radius 1 is 0.553 bits per heavy atom. The number of para-hydroxylation sites is 2. The van der Waals surface area contributed by atoms with Crippen LogP contribution in [-0.2, 0) is 0 Å². The van der Waals surface area contributed by atoms with Crippen molar-refractivity contribution >= 4 is 62.3 Å². The number of hydrogen-bond donors (Lipinski definition) is 0. The van der Waals surface area contributed by atoms with Crippen LogP contribution in [0.4, 0.5) is 0 Å². The molecule has 0 atom stereocenters. The SMILES string of the molecule is [2H]c1c([2H])c([2H])c2c(c1[2H])-c1c(cc(-c3nc(-c4ccccc4)nc(-c4cccc5oc6ccccc6c45)n3)c3c1oc1c([2H])c([2H])c([2H])c([2H])c13)[Si]2(C)C. The first-order valence-corrected chi connectivity index (χ1v) is 18.2. The molecule has 0 saturated carbocycles. The normalized spacial score (nSPS) is 15.9. The summed E-state index contributed by atoms with van der Waals surface area (Å²) in [5.74, 6) is 0.939. The fourth-order valence-corrected chi connectivity index (χ4v) is 9.80. The lowest BCUT2D eigenvalue weighted by Gasteiger charge is -2.19. The van der Waals surface area contributed by atoms with Crippen LogP contribution in [0.1, 0.15) is 11.0 Å². The van der Waals surface area contributed by atoms with Gasteiger partial charge in [0.25, 0.3) is 0 Å². The second kappa shape index (κ2) is 9.58. The predicted octanol–water partition coefficient (Wildman–Crippen LogP) is 9.47. The topological polar surface area (TPSA) is 65.0 Å². The summed E-state index contributed by atoms with van der Waals surface area (Å²) in [7, 11) is -2.93. The Labute approximate surface area is 282 Å². The molecule has 222 valence electrons. The van der Waals surface area contributed by atoms with E-state index < -0.39 is 20.2 Å². The zero-order valence-electron chi connectivity index (χ0n) is 33.2. The van der Waals surface area contributed by atoms with E-state index in [0.29, 0.717) is 55.6 Å². The van der Waals surface area contributed by atoms with E-state index in [0.717, 1.165) is 21.5 Å². The third-order valence-corrected chi connectivity index (χ3v) is 12.5. The highest BCUT2D eigenvalue weighted by Gasteiger charge is 2.40. The van der Waals surface area contributed by atoms with Gasteiger partial charge in [0.15, 0.2) is 17.5 Å². The van der Waals surface area contributed by atoms with Gasteiger partial charge >= 0.3 is 0 Å². The second-order valence-electron chi connectivity index (χ2n) is 12.2. The molecular weight excluding hydrogens is 595 g/mol. The lowest BCUT2D eigenvalue weighted by Crippen LogP contribution is -2.49. The van der Waals surface area contributed by atoms with Crippen LogP contribution in [-0.4, -0.2) is 23.0 Å². The Morgan fingerprint density at radius 3 is 2.17 bits per heavy atom. The minimum atomic E-state index is -2.93. The maximum absolute atomic E-state index is 9.12. The number of furan rings is 2. The molecule has 0 aliphatic carbocycles. The van der Waals surface area contributed by atoms with Crippen molar-refractivity contribution in [1.29, 1.82) is 0 Å². The molecule has 10 rings (SSSR count). The molecule has 47 heavy (non-hydrogen) atoms. The molecule has 9 aromatic rings. The van der Waals surface area contributed by atoms with Crippen LogP contribution < -0.4 is 10.4 Å². The molecule has 1 aliphatic heterocycles. The number of hydrogen-bond acceptors (Lipinski definition) is 5. The Bertz CT molecular complexity index is 3180. The van der Waals surface area contributed by atoms with Crippen LogP contribution in [0.2, 0.25) is 13.1 Å². The van der Waals surface area contributed by atoms with E-state index in [1.54, 1.807) is 0 Å². The first kappa shape index (κ1) is 19.6. The van der Waals surface area contributed by atoms with E-state index in [4.69, 9.17) is 34.8 Å². The van der Waals surface area contributed by atoms with Crippen molar-refractivity contribution < 1.29 is 19.8 Å². The second-order valence-corrected chi connectivity index (χ2v) is 16.5. The Morgan fingerprint density at radius 2 is 1.28 bits per heavy atom. The fraction of sp³-hybridized carbons (Fsp3) is 0.0488. The average Bonchev–Trinajstić information content (AvgIpc) is 3.85. The highest BCUT2D eigenvalue weighted by atomic mass is 28.3. The number of fused-ring (bicyclic) bond motifs is 10. The van der Waals surface area contributed by atoms with E-state index >= 15 is 0 Å². The lowest BCUT2D eigenvalue weighted by molar-refractivity contribution is 0.669. The van der Waals surface area contributed by atoms with Crippen molar-refractivity contribution in [3.63, 3.8) is 0 Å². The summed E-state index contributed by atoms with van der Waals surface area (Å²) < 4.78 is 83.1. The Hall–Kier alpha value is -5.85. The number of nitrogens with zero attached hydrogens (tertiary/aromatic N) is 3. The van der Waals surface area contributed by atoms with Crippen LogP contribution in [0.15, 0.2) is 136 Å². The van der Waals surface area contributed by atoms with Gasteiger partial charge in [0.05, 0.1) is 11.0 Å². The Kier molecular flexibility index (Phi) is 4.00. The summed E-state index contributed by atoms with van der Waals surface area (Å²) in [5.41, 5.74) is 4.10. The van der Waals surface area contributed by atoms with Gasteiger partial charge in [0, 0.05) is 43.8 Å². The van der Waals surface area contributed by atoms with Gasteiger partial charge in [0.2, 0.25) is 0 Å². The molecule has 0 N–H and O–H groups in total. The van der Waals surface area contributed by atoms with Gasteiger partial charge in [-0.15, -0.1) is 0 Å². The molecule has 0 bridgehead atoms. The predicted molar refractivity (Wildman–Crippen MR) is 193 cm³/mol. The lowest BCUT2D eigenvalue weighted by atomic mass is 9.98. The molecule has 1 aliphatic rings. The van der Waals surface area contributed by atoms with Gasteiger partial charge in [-0.1, -0.05) is 116 Å². The number of benzene rings is 6. The molecule has 6 aromatic carbocycles. The average molecular weight is 630 g/mol. The standard InChI is InChI=1S/C41H27N3O2Si/c1-47(2)33-22-11-8-17-27(33)37-34(47)23-29(36-26-16-7-10-20-31(26)46-38(36)37)41-43-39(24-13-4-3-5-14-24)42-40(44-41)28-18-12-21-32-35(28)25-15-6-9-19-30(25)45-32/h3-23H,1-2H3/i7D,8D,10D,11D,16D,17D,20D,22D. The summed E-state index contributed by atoms with van der Waals surface area (Å²) in [4.78, 5) is 15.2. The first-order valence-electron chi connectivity index (χ1n) is 19.2. The van der Waals surface area contributed by atoms with Gasteiger partial charge in [-0.25, -0.2) is 15.0 Å². The van der Waals surface area contributed by atoms with E-state index in [9.17, 15) is 0 Å². The number of rotatable bonds is 3. The van der Waals surface area contributed by atoms with E-state index in [2.05, 4.69) is 0 Å². The van der Waals surface area contributed by atoms with Gasteiger partial charge in [-0.05, 0) is 40.2 Å². The summed E-state index contributed by atoms with van der Waals surface area (Å²) in [5, 5.41) is 3.42. The first-order chi connectivity index (χ1) is 26.4. The molecule has 0 saturated heterocycles. The Balaban J connectivity index is 1.39. The van der Waals surface area contributed by atoms with E-state index in [-0.39, 0.29) is 58.6 Å². The molecule has 5 nitrogen and oxygen atoms in total. The molecule has 0 spiro atoms. The van der Waals surface area contributed by atoms with E-state index in [1.165, 1.54) is 0 Å². The van der Waals surface area contributed by atoms with Crippen molar-refractivity contribution in [1.82, 2.24) is 15.0 Å². The molecule has 0 fully saturated rings. The molecule has 0 unspecified atom stereocenters. The molecule has 0 amide bonds. The summed E-state index contributed by atoms with van der Waals surface area (Å²) in [6.07, 6.45) is 0. The minimum Gasteiger partial charge on any atom is -0.456 e. The smallest absolute Gasteiger partial charge is 0.164 e. The highest BCUT2D eigenvalue weighted by Crippen LogP contribution is 2.44. The largest absolute Gasteiger partial charge is 0.456 e. The third kappa shape index (κ3) is 3.73. The van der Waals surface area contributed by atoms with Gasteiger partial charge < -0.3 is 8.83 Å². The molecule has 6 heteroatoms. The van der Waals surface area contributed by atoms with Gasteiger partial charge in [0.1, 0.15) is 30.4 Å². The van der Waals surface area contributed by atoms with Crippen LogP contribution in [0, 0.1) is 0 Å². The van der Waals surface area contributed by atoms with Crippen molar-refractivity contribution in [3.8, 4) is 45.3 Å². The fourth-order valence-electron chi connectivity index (χ4n) is 6.98. The van der Waals surface area contributed by atoms with Crippen LogP contribution >= 0.6 is 0 Å². The quantitative estimate of drug-likeness (QED) is 0.182. The van der Waals surface area contributed by atoms with Crippen molar-refractivity contribution in [2.45, 2.75) is 13.1 Å². The van der Waals surface area contributed by atoms with Crippen LogP contribution in [0.3, 0.4) is 0 Å². The molecule has 4 heterocycles. The van der Waals surface area contributed by atoms with Gasteiger partial charge in [-0.2, -0.15) is 0 Å². The monoisotopic (exact) mass is 629 g/mol. The summed E-state index contributed by atoms with van der Waals surface area (Å²) in [6, 6.07) is 22.2. The zero-order chi connectivity index (χ0) is 38.2. The highest BCUT2D eigenvalue weighted by molar-refractivity contribution is 7.04. The number of aromatic nitrogens is 3. The third-order valence-electron chi connectivity index (χ3n) is 9.18. The van der Waals surface area contributed by atoms with E-state index in [1.807, 2.05) is 92.0 Å². The van der Waals surface area contributed by atoms with Crippen LogP contribution in [0.5, 0.6) is 0 Å². The van der Waals surface area contributed by atoms with Crippen molar-refractivity contribution in [2.24, 2.45) is 0 Å².